The molecule has 0 aromatic carbocycles. The third kappa shape index (κ3) is 14.8. The van der Waals surface area contributed by atoms with E-state index in [1.54, 1.807) is 28.4 Å². The van der Waals surface area contributed by atoms with E-state index in [0.717, 1.165) is 18.1 Å². The third-order valence-electron chi connectivity index (χ3n) is 4.55. The van der Waals surface area contributed by atoms with E-state index in [0.29, 0.717) is 0 Å². The molecule has 0 aromatic heterocycles. The number of hydrogen-bond acceptors (Lipinski definition) is 4. The first kappa shape index (κ1) is 29.0. The molecule has 0 aliphatic carbocycles. The lowest BCUT2D eigenvalue weighted by molar-refractivity contribution is 0.251. The highest BCUT2D eigenvalue weighted by atomic mass is 35.7. The van der Waals surface area contributed by atoms with E-state index in [1.807, 2.05) is 18.7 Å². The summed E-state index contributed by atoms with van der Waals surface area (Å²) < 4.78 is 21.5. The molecule has 0 aliphatic heterocycles. The van der Waals surface area contributed by atoms with Crippen molar-refractivity contribution in [3.05, 3.63) is 25.3 Å². The second kappa shape index (κ2) is 16.7. The van der Waals surface area contributed by atoms with Gasteiger partial charge in [0.25, 0.3) is 0 Å². The molecule has 0 unspecified atom stereocenters. The first-order valence-corrected chi connectivity index (χ1v) is 20.7. The monoisotopic (exact) mass is 476 g/mol. The van der Waals surface area contributed by atoms with Gasteiger partial charge in [0.05, 0.1) is 0 Å². The lowest BCUT2D eigenvalue weighted by Gasteiger charge is -2.24. The second-order valence-corrected chi connectivity index (χ2v) is 22.1. The van der Waals surface area contributed by atoms with E-state index in [-0.39, 0.29) is 0 Å². The van der Waals surface area contributed by atoms with E-state index in [9.17, 15) is 0 Å². The van der Waals surface area contributed by atoms with Gasteiger partial charge in [-0.3, -0.25) is 0 Å². The van der Waals surface area contributed by atoms with Gasteiger partial charge in [-0.25, -0.2) is 0 Å². The third-order valence-corrected chi connectivity index (χ3v) is 16.7. The van der Waals surface area contributed by atoms with Crippen molar-refractivity contribution < 1.29 is 17.7 Å². The minimum atomic E-state index is -1.89. The van der Waals surface area contributed by atoms with E-state index < -0.39 is 33.3 Å². The van der Waals surface area contributed by atoms with Gasteiger partial charge in [-0.1, -0.05) is 18.2 Å². The predicted octanol–water partition coefficient (Wildman–Crippen LogP) is 5.00. The normalized spacial score (nSPS) is 12.1. The summed E-state index contributed by atoms with van der Waals surface area (Å²) in [6.07, 6.45) is 4.08. The molecule has 0 heterocycles. The van der Waals surface area contributed by atoms with Gasteiger partial charge in [-0.15, -0.1) is 13.2 Å². The van der Waals surface area contributed by atoms with E-state index in [1.165, 1.54) is 18.1 Å². The number of allylic oxidation sites excluding steroid dienone is 2. The van der Waals surface area contributed by atoms with Crippen molar-refractivity contribution in [3.63, 3.8) is 0 Å². The van der Waals surface area contributed by atoms with E-state index in [2.05, 4.69) is 19.7 Å². The van der Waals surface area contributed by atoms with Gasteiger partial charge >= 0.3 is 17.1 Å². The van der Waals surface area contributed by atoms with Crippen LogP contribution in [0.5, 0.6) is 0 Å². The SMILES string of the molecule is C=CC[SiH](CC=C)CC[Si](C)(OC)OC.CO[Si](C)(CC[SiH](Cl)Cl)OC. The van der Waals surface area contributed by atoms with Gasteiger partial charge < -0.3 is 17.7 Å². The summed E-state index contributed by atoms with van der Waals surface area (Å²) in [6, 6.07) is 6.49. The van der Waals surface area contributed by atoms with Crippen LogP contribution < -0.4 is 0 Å². The van der Waals surface area contributed by atoms with Crippen molar-refractivity contribution in [2.75, 3.05) is 28.4 Å². The van der Waals surface area contributed by atoms with Crippen molar-refractivity contribution >= 4 is 55.5 Å². The van der Waals surface area contributed by atoms with Crippen LogP contribution in [0, 0.1) is 0 Å². The Hall–Kier alpha value is 0.768. The molecule has 0 saturated heterocycles. The molecule has 156 valence electrons. The Labute approximate surface area is 176 Å². The Kier molecular flexibility index (Phi) is 18.6. The Morgan fingerprint density at radius 3 is 1.38 bits per heavy atom. The van der Waals surface area contributed by atoms with Crippen LogP contribution in [-0.4, -0.2) is 61.8 Å². The molecule has 0 bridgehead atoms. The molecule has 0 aromatic rings. The highest BCUT2D eigenvalue weighted by molar-refractivity contribution is 7.33. The summed E-state index contributed by atoms with van der Waals surface area (Å²) in [4.78, 5) is 0. The Morgan fingerprint density at radius 2 is 1.12 bits per heavy atom. The molecule has 0 amide bonds. The van der Waals surface area contributed by atoms with Crippen LogP contribution in [0.2, 0.25) is 49.4 Å². The van der Waals surface area contributed by atoms with Gasteiger partial charge in [0.2, 0.25) is 7.42 Å². The largest absolute Gasteiger partial charge is 0.398 e. The van der Waals surface area contributed by atoms with Crippen molar-refractivity contribution in [2.24, 2.45) is 0 Å². The first-order chi connectivity index (χ1) is 12.2. The summed E-state index contributed by atoms with van der Waals surface area (Å²) >= 11 is 11.4. The highest BCUT2D eigenvalue weighted by Gasteiger charge is 2.30. The minimum Gasteiger partial charge on any atom is -0.398 e. The van der Waals surface area contributed by atoms with Gasteiger partial charge in [0.15, 0.2) is 0 Å². The zero-order valence-corrected chi connectivity index (χ0v) is 23.2. The van der Waals surface area contributed by atoms with Gasteiger partial charge in [-0.2, -0.15) is 22.2 Å². The van der Waals surface area contributed by atoms with Crippen molar-refractivity contribution in [1.29, 1.82) is 0 Å². The lowest BCUT2D eigenvalue weighted by Crippen LogP contribution is -2.36. The number of hydrogen-bond donors (Lipinski definition) is 0. The highest BCUT2D eigenvalue weighted by Crippen LogP contribution is 2.19. The molecule has 0 rings (SSSR count). The lowest BCUT2D eigenvalue weighted by atomic mass is 10.7. The predicted molar refractivity (Wildman–Crippen MR) is 127 cm³/mol. The molecule has 4 nitrogen and oxygen atoms in total. The van der Waals surface area contributed by atoms with Crippen LogP contribution in [-0.2, 0) is 17.7 Å². The molecule has 0 N–H and O–H groups in total. The zero-order valence-electron chi connectivity index (χ0n) is 17.4. The van der Waals surface area contributed by atoms with Gasteiger partial charge in [-0.05, 0) is 43.3 Å². The number of rotatable bonds is 14. The Bertz CT molecular complexity index is 358. The summed E-state index contributed by atoms with van der Waals surface area (Å²) in [5.74, 6) is 0. The molecular formula is C16H38Cl2O4Si4. The van der Waals surface area contributed by atoms with Crippen molar-refractivity contribution in [2.45, 2.75) is 49.4 Å². The van der Waals surface area contributed by atoms with Crippen LogP contribution in [0.4, 0.5) is 0 Å². The maximum Gasteiger partial charge on any atom is 0.334 e. The minimum absolute atomic E-state index is 0.723. The molecule has 0 atom stereocenters. The number of halogens is 2. The molecule has 0 fully saturated rings. The van der Waals surface area contributed by atoms with Gasteiger partial charge in [0.1, 0.15) is 0 Å². The molecule has 10 heteroatoms. The molecule has 26 heavy (non-hydrogen) atoms. The Balaban J connectivity index is 0. The van der Waals surface area contributed by atoms with Gasteiger partial charge in [0, 0.05) is 37.2 Å². The maximum atomic E-state index is 5.71. The fraction of sp³-hybridized carbons (Fsp3) is 0.750. The smallest absolute Gasteiger partial charge is 0.334 e. The fourth-order valence-corrected chi connectivity index (χ4v) is 13.6. The summed E-state index contributed by atoms with van der Waals surface area (Å²) in [6.45, 7) is 11.8. The Morgan fingerprint density at radius 1 is 0.769 bits per heavy atom. The van der Waals surface area contributed by atoms with Crippen LogP contribution in [0.3, 0.4) is 0 Å². The van der Waals surface area contributed by atoms with E-state index >= 15 is 0 Å². The van der Waals surface area contributed by atoms with Crippen LogP contribution in [0.15, 0.2) is 25.3 Å². The summed E-state index contributed by atoms with van der Waals surface area (Å²) in [5.41, 5.74) is 0. The topological polar surface area (TPSA) is 36.9 Å². The molecule has 0 radical (unpaired) electrons. The molecular weight excluding hydrogens is 439 g/mol. The summed E-state index contributed by atoms with van der Waals surface area (Å²) in [5, 5.41) is 0. The average Bonchev–Trinajstić information content (AvgIpc) is 2.64. The van der Waals surface area contributed by atoms with Crippen LogP contribution in [0.25, 0.3) is 0 Å². The van der Waals surface area contributed by atoms with E-state index in [4.69, 9.17) is 39.9 Å². The zero-order chi connectivity index (χ0) is 20.6. The molecule has 0 aliphatic rings. The molecule has 0 saturated carbocycles. The maximum absolute atomic E-state index is 5.71. The van der Waals surface area contributed by atoms with Crippen molar-refractivity contribution in [1.82, 2.24) is 0 Å². The average molecular weight is 478 g/mol. The molecule has 0 spiro atoms. The fourth-order valence-electron chi connectivity index (χ4n) is 2.22. The van der Waals surface area contributed by atoms with Crippen molar-refractivity contribution in [3.8, 4) is 0 Å². The summed E-state index contributed by atoms with van der Waals surface area (Å²) in [7, 11) is 0.917. The second-order valence-electron chi connectivity index (χ2n) is 6.47. The standard InChI is InChI=1S/C11H24O2Si2.C5H14Cl2O2Si2/c1-6-8-14(9-7-2)10-11-15(5,12-3)13-4;1-8-11(3,9-2)5-4-10(6)7/h6-7,14H,1-2,8-11H2,3-5H3;10H,4-5H2,1-3H3. The van der Waals surface area contributed by atoms with Crippen LogP contribution in [0.1, 0.15) is 0 Å². The quantitative estimate of drug-likeness (QED) is 0.200. The van der Waals surface area contributed by atoms with Crippen LogP contribution >= 0.6 is 22.2 Å². The first-order valence-electron chi connectivity index (χ1n) is 8.86.